The molecule has 1 aliphatic heterocycles. The number of amides is 1. The summed E-state index contributed by atoms with van der Waals surface area (Å²) in [4.78, 5) is 25.1. The van der Waals surface area contributed by atoms with Gasteiger partial charge in [-0.3, -0.25) is 9.59 Å². The van der Waals surface area contributed by atoms with Gasteiger partial charge in [-0.05, 0) is 43.5 Å². The molecular formula is C22H26N2O4S2. The summed E-state index contributed by atoms with van der Waals surface area (Å²) in [5, 5.41) is 3.08. The van der Waals surface area contributed by atoms with Crippen LogP contribution in [0.2, 0.25) is 0 Å². The Bertz CT molecular complexity index is 1020. The molecule has 160 valence electrons. The average molecular weight is 447 g/mol. The minimum Gasteiger partial charge on any atom is -0.349 e. The van der Waals surface area contributed by atoms with E-state index in [2.05, 4.69) is 11.4 Å². The number of nitrogens with one attached hydrogen (secondary N) is 1. The number of fused-ring (bicyclic) bond motifs is 1. The van der Waals surface area contributed by atoms with Crippen LogP contribution in [0.4, 0.5) is 0 Å². The Hall–Kier alpha value is -2.16. The van der Waals surface area contributed by atoms with E-state index < -0.39 is 10.0 Å². The first-order chi connectivity index (χ1) is 14.3. The van der Waals surface area contributed by atoms with Crippen molar-refractivity contribution in [3.05, 3.63) is 59.7 Å². The standard InChI is InChI=1S/C22H26N2O4S2/c1-16(25)17-9-11-18(12-10-17)30(27,28)24(2)14-5-8-22(26)23-20-13-15-29-21-7-4-3-6-19(20)21/h3-4,6-7,9-12,20H,5,8,13-15H2,1-2H3,(H,23,26)/t20-/m0/s1. The highest BCUT2D eigenvalue weighted by Crippen LogP contribution is 2.35. The highest BCUT2D eigenvalue weighted by Gasteiger charge is 2.23. The lowest BCUT2D eigenvalue weighted by atomic mass is 10.0. The fraction of sp³-hybridized carbons (Fsp3) is 0.364. The predicted molar refractivity (Wildman–Crippen MR) is 118 cm³/mol. The molecule has 1 aliphatic rings. The second kappa shape index (κ2) is 9.76. The third-order valence-electron chi connectivity index (χ3n) is 5.14. The fourth-order valence-corrected chi connectivity index (χ4v) is 5.72. The zero-order valence-electron chi connectivity index (χ0n) is 17.1. The number of rotatable bonds is 8. The molecule has 2 aromatic carbocycles. The summed E-state index contributed by atoms with van der Waals surface area (Å²) < 4.78 is 26.6. The molecule has 0 aliphatic carbocycles. The van der Waals surface area contributed by atoms with Crippen LogP contribution in [0.3, 0.4) is 0 Å². The van der Waals surface area contributed by atoms with Crippen LogP contribution in [0.5, 0.6) is 0 Å². The lowest BCUT2D eigenvalue weighted by molar-refractivity contribution is -0.122. The lowest BCUT2D eigenvalue weighted by Crippen LogP contribution is -2.32. The molecule has 1 N–H and O–H groups in total. The third kappa shape index (κ3) is 5.30. The van der Waals surface area contributed by atoms with Crippen LogP contribution in [0.1, 0.15) is 48.1 Å². The van der Waals surface area contributed by atoms with Gasteiger partial charge in [0.05, 0.1) is 10.9 Å². The van der Waals surface area contributed by atoms with Crippen LogP contribution < -0.4 is 5.32 Å². The molecule has 6 nitrogen and oxygen atoms in total. The van der Waals surface area contributed by atoms with Crippen molar-refractivity contribution >= 4 is 33.5 Å². The molecule has 0 aromatic heterocycles. The molecule has 0 saturated carbocycles. The van der Waals surface area contributed by atoms with E-state index in [1.807, 2.05) is 18.2 Å². The Balaban J connectivity index is 1.52. The molecule has 0 radical (unpaired) electrons. The van der Waals surface area contributed by atoms with Gasteiger partial charge in [-0.2, -0.15) is 0 Å². The predicted octanol–water partition coefficient (Wildman–Crippen LogP) is 3.64. The van der Waals surface area contributed by atoms with Gasteiger partial charge in [-0.25, -0.2) is 12.7 Å². The van der Waals surface area contributed by atoms with E-state index in [0.29, 0.717) is 12.0 Å². The normalized spacial score (nSPS) is 16.2. The van der Waals surface area contributed by atoms with Crippen molar-refractivity contribution in [1.82, 2.24) is 9.62 Å². The number of benzene rings is 2. The molecule has 1 heterocycles. The van der Waals surface area contributed by atoms with Gasteiger partial charge in [0.1, 0.15) is 0 Å². The van der Waals surface area contributed by atoms with Crippen molar-refractivity contribution in [1.29, 1.82) is 0 Å². The molecule has 0 unspecified atom stereocenters. The minimum atomic E-state index is -3.66. The van der Waals surface area contributed by atoms with E-state index >= 15 is 0 Å². The number of hydrogen-bond donors (Lipinski definition) is 1. The Labute approximate surface area is 182 Å². The van der Waals surface area contributed by atoms with Gasteiger partial charge in [0, 0.05) is 36.2 Å². The van der Waals surface area contributed by atoms with Gasteiger partial charge in [0.15, 0.2) is 5.78 Å². The molecular weight excluding hydrogens is 420 g/mol. The minimum absolute atomic E-state index is 0.0104. The maximum Gasteiger partial charge on any atom is 0.242 e. The SMILES string of the molecule is CC(=O)c1ccc(S(=O)(=O)N(C)CCCC(=O)N[C@H]2CCSc3ccccc32)cc1. The van der Waals surface area contributed by atoms with Crippen LogP contribution >= 0.6 is 11.8 Å². The Morgan fingerprint density at radius 1 is 1.13 bits per heavy atom. The fourth-order valence-electron chi connectivity index (χ4n) is 3.38. The van der Waals surface area contributed by atoms with Crippen LogP contribution in [-0.2, 0) is 14.8 Å². The van der Waals surface area contributed by atoms with E-state index in [-0.39, 0.29) is 35.6 Å². The summed E-state index contributed by atoms with van der Waals surface area (Å²) in [6.45, 7) is 1.67. The Kier molecular flexibility index (Phi) is 7.33. The summed E-state index contributed by atoms with van der Waals surface area (Å²) >= 11 is 1.80. The molecule has 1 atom stereocenters. The smallest absolute Gasteiger partial charge is 0.242 e. The largest absolute Gasteiger partial charge is 0.349 e. The summed E-state index contributed by atoms with van der Waals surface area (Å²) in [6, 6.07) is 14.0. The van der Waals surface area contributed by atoms with Gasteiger partial charge in [-0.1, -0.05) is 30.3 Å². The number of carbonyl (C=O) groups excluding carboxylic acids is 2. The van der Waals surface area contributed by atoms with Crippen molar-refractivity contribution < 1.29 is 18.0 Å². The number of thioether (sulfide) groups is 1. The number of carbonyl (C=O) groups is 2. The number of ketones is 1. The van der Waals surface area contributed by atoms with Crippen molar-refractivity contribution in [3.63, 3.8) is 0 Å². The zero-order chi connectivity index (χ0) is 21.7. The van der Waals surface area contributed by atoms with Crippen LogP contribution in [-0.4, -0.2) is 43.8 Å². The number of sulfonamides is 1. The maximum absolute atomic E-state index is 12.7. The van der Waals surface area contributed by atoms with Crippen molar-refractivity contribution in [3.8, 4) is 0 Å². The van der Waals surface area contributed by atoms with Crippen molar-refractivity contribution in [2.75, 3.05) is 19.3 Å². The zero-order valence-corrected chi connectivity index (χ0v) is 18.8. The summed E-state index contributed by atoms with van der Waals surface area (Å²) in [5.74, 6) is 0.779. The third-order valence-corrected chi connectivity index (χ3v) is 8.13. The molecule has 1 amide bonds. The second-order valence-corrected chi connectivity index (χ2v) is 10.5. The van der Waals surface area contributed by atoms with E-state index in [4.69, 9.17) is 0 Å². The summed E-state index contributed by atoms with van der Waals surface area (Å²) in [6.07, 6.45) is 1.57. The van der Waals surface area contributed by atoms with Gasteiger partial charge in [0.25, 0.3) is 0 Å². The molecule has 0 saturated heterocycles. The van der Waals surface area contributed by atoms with Gasteiger partial charge >= 0.3 is 0 Å². The first kappa shape index (κ1) is 22.5. The van der Waals surface area contributed by atoms with Crippen LogP contribution in [0.15, 0.2) is 58.3 Å². The van der Waals surface area contributed by atoms with Crippen LogP contribution in [0, 0.1) is 0 Å². The molecule has 0 spiro atoms. The number of hydrogen-bond acceptors (Lipinski definition) is 5. The lowest BCUT2D eigenvalue weighted by Gasteiger charge is -2.26. The van der Waals surface area contributed by atoms with Gasteiger partial charge in [0.2, 0.25) is 15.9 Å². The van der Waals surface area contributed by atoms with E-state index in [0.717, 1.165) is 17.7 Å². The van der Waals surface area contributed by atoms with Gasteiger partial charge in [-0.15, -0.1) is 11.8 Å². The van der Waals surface area contributed by atoms with E-state index in [1.165, 1.54) is 47.4 Å². The van der Waals surface area contributed by atoms with Crippen molar-refractivity contribution in [2.45, 2.75) is 42.0 Å². The van der Waals surface area contributed by atoms with E-state index in [1.54, 1.807) is 11.8 Å². The first-order valence-electron chi connectivity index (χ1n) is 9.87. The molecule has 30 heavy (non-hydrogen) atoms. The Morgan fingerprint density at radius 3 is 2.53 bits per heavy atom. The summed E-state index contributed by atoms with van der Waals surface area (Å²) in [5.41, 5.74) is 1.62. The molecule has 0 fully saturated rings. The highest BCUT2D eigenvalue weighted by atomic mass is 32.2. The van der Waals surface area contributed by atoms with E-state index in [9.17, 15) is 18.0 Å². The van der Waals surface area contributed by atoms with Crippen molar-refractivity contribution in [2.24, 2.45) is 0 Å². The maximum atomic E-state index is 12.7. The first-order valence-corrected chi connectivity index (χ1v) is 12.3. The van der Waals surface area contributed by atoms with Crippen LogP contribution in [0.25, 0.3) is 0 Å². The number of nitrogens with zero attached hydrogens (tertiary/aromatic N) is 1. The monoisotopic (exact) mass is 446 g/mol. The molecule has 2 aromatic rings. The number of Topliss-reactive ketones (excluding diaryl/α,β-unsaturated/α-hetero) is 1. The van der Waals surface area contributed by atoms with Gasteiger partial charge < -0.3 is 5.32 Å². The molecule has 8 heteroatoms. The Morgan fingerprint density at radius 2 is 1.83 bits per heavy atom. The second-order valence-electron chi connectivity index (χ2n) is 7.31. The topological polar surface area (TPSA) is 83.6 Å². The molecule has 0 bridgehead atoms. The molecule has 3 rings (SSSR count). The average Bonchev–Trinajstić information content (AvgIpc) is 2.74. The quantitative estimate of drug-likeness (QED) is 0.626. The highest BCUT2D eigenvalue weighted by molar-refractivity contribution is 7.99. The summed E-state index contributed by atoms with van der Waals surface area (Å²) in [7, 11) is -2.16.